The van der Waals surface area contributed by atoms with E-state index >= 15 is 0 Å². The molecule has 0 aliphatic rings. The van der Waals surface area contributed by atoms with E-state index in [9.17, 15) is 9.59 Å². The van der Waals surface area contributed by atoms with Gasteiger partial charge < -0.3 is 5.73 Å². The number of nitrogens with two attached hydrogens (primary N) is 1. The van der Waals surface area contributed by atoms with E-state index in [4.69, 9.17) is 5.73 Å². The molecule has 0 unspecified atom stereocenters. The zero-order valence-corrected chi connectivity index (χ0v) is 12.5. The molecule has 4 N–H and O–H groups in total. The highest BCUT2D eigenvalue weighted by Crippen LogP contribution is 2.20. The highest BCUT2D eigenvalue weighted by Gasteiger charge is 2.16. The number of nitrogens with one attached hydrogen (secondary N) is 2. The molecule has 2 aromatic heterocycles. The fraction of sp³-hybridized carbons (Fsp3) is 0.143. The van der Waals surface area contributed by atoms with Crippen LogP contribution in [0.25, 0.3) is 10.9 Å². The van der Waals surface area contributed by atoms with Crippen molar-refractivity contribution < 1.29 is 9.59 Å². The van der Waals surface area contributed by atoms with Crippen molar-refractivity contribution in [2.45, 2.75) is 13.3 Å². The molecule has 3 rings (SSSR count). The summed E-state index contributed by atoms with van der Waals surface area (Å²) < 4.78 is 0. The number of thiazole rings is 1. The van der Waals surface area contributed by atoms with Crippen LogP contribution < -0.4 is 11.1 Å². The molecule has 112 valence electrons. The second-order valence-electron chi connectivity index (χ2n) is 4.86. The monoisotopic (exact) mass is 315 g/mol. The van der Waals surface area contributed by atoms with Gasteiger partial charge >= 0.3 is 0 Å². The van der Waals surface area contributed by atoms with Crippen molar-refractivity contribution in [1.82, 2.24) is 15.2 Å². The number of rotatable bonds is 4. The summed E-state index contributed by atoms with van der Waals surface area (Å²) in [4.78, 5) is 27.3. The van der Waals surface area contributed by atoms with Gasteiger partial charge in [0, 0.05) is 10.8 Å². The molecule has 0 radical (unpaired) electrons. The first-order valence-electron chi connectivity index (χ1n) is 6.51. The maximum Gasteiger partial charge on any atom is 0.278 e. The molecular formula is C14H13N5O2S. The summed E-state index contributed by atoms with van der Waals surface area (Å²) in [5.74, 6) is -0.811. The van der Waals surface area contributed by atoms with Crippen LogP contribution in [0.4, 0.5) is 5.13 Å². The maximum atomic E-state index is 12.3. The molecule has 8 heteroatoms. The van der Waals surface area contributed by atoms with E-state index in [2.05, 4.69) is 20.5 Å². The average molecular weight is 315 g/mol. The normalized spacial score (nSPS) is 10.8. The Morgan fingerprint density at radius 1 is 1.41 bits per heavy atom. The lowest BCUT2D eigenvalue weighted by molar-refractivity contribution is -0.117. The van der Waals surface area contributed by atoms with E-state index in [1.807, 2.05) is 25.1 Å². The van der Waals surface area contributed by atoms with Crippen molar-refractivity contribution in [2.75, 3.05) is 5.32 Å². The summed E-state index contributed by atoms with van der Waals surface area (Å²) in [5, 5.41) is 12.4. The Hall–Kier alpha value is -2.74. The lowest BCUT2D eigenvalue weighted by Crippen LogP contribution is -2.15. The van der Waals surface area contributed by atoms with Crippen molar-refractivity contribution in [3.8, 4) is 0 Å². The van der Waals surface area contributed by atoms with Gasteiger partial charge in [-0.05, 0) is 19.1 Å². The Morgan fingerprint density at radius 2 is 2.23 bits per heavy atom. The van der Waals surface area contributed by atoms with Crippen LogP contribution in [0.3, 0.4) is 0 Å². The zero-order valence-electron chi connectivity index (χ0n) is 11.7. The molecule has 3 aromatic rings. The third-order valence-electron chi connectivity index (χ3n) is 3.06. The quantitative estimate of drug-likeness (QED) is 0.678. The summed E-state index contributed by atoms with van der Waals surface area (Å²) >= 11 is 1.24. The van der Waals surface area contributed by atoms with Crippen LogP contribution in [-0.4, -0.2) is 27.0 Å². The Kier molecular flexibility index (Phi) is 3.60. The number of aromatic nitrogens is 3. The van der Waals surface area contributed by atoms with Gasteiger partial charge in [-0.15, -0.1) is 11.3 Å². The minimum absolute atomic E-state index is 0.0525. The predicted octanol–water partition coefficient (Wildman–Crippen LogP) is 1.61. The summed E-state index contributed by atoms with van der Waals surface area (Å²) in [5.41, 5.74) is 7.80. The van der Waals surface area contributed by atoms with Crippen LogP contribution in [0, 0.1) is 6.92 Å². The number of benzene rings is 1. The molecule has 0 saturated carbocycles. The number of aromatic amines is 1. The van der Waals surface area contributed by atoms with Crippen LogP contribution in [-0.2, 0) is 11.2 Å². The van der Waals surface area contributed by atoms with Gasteiger partial charge in [0.25, 0.3) is 5.91 Å². The molecule has 0 aliphatic heterocycles. The highest BCUT2D eigenvalue weighted by atomic mass is 32.1. The standard InChI is InChI=1S/C14H13N5O2S/c1-7-2-3-10-9(4-7)12(19-18-10)13(21)17-14-16-8(6-22-14)5-11(15)20/h2-4,6H,5H2,1H3,(H2,15,20)(H,18,19)(H,16,17,21). The van der Waals surface area contributed by atoms with E-state index in [1.165, 1.54) is 11.3 Å². The first-order valence-corrected chi connectivity index (χ1v) is 7.39. The van der Waals surface area contributed by atoms with Crippen molar-refractivity contribution in [3.63, 3.8) is 0 Å². The summed E-state index contributed by atoms with van der Waals surface area (Å²) in [6.07, 6.45) is 0.0525. The minimum Gasteiger partial charge on any atom is -0.369 e. The van der Waals surface area contributed by atoms with Gasteiger partial charge in [-0.3, -0.25) is 20.0 Å². The summed E-state index contributed by atoms with van der Waals surface area (Å²) in [6, 6.07) is 5.72. The molecule has 0 atom stereocenters. The largest absolute Gasteiger partial charge is 0.369 e. The van der Waals surface area contributed by atoms with Gasteiger partial charge in [-0.1, -0.05) is 11.6 Å². The second kappa shape index (κ2) is 5.57. The number of anilines is 1. The van der Waals surface area contributed by atoms with Gasteiger partial charge in [0.15, 0.2) is 10.8 Å². The van der Waals surface area contributed by atoms with Gasteiger partial charge in [0.2, 0.25) is 5.91 Å². The van der Waals surface area contributed by atoms with E-state index < -0.39 is 5.91 Å². The molecule has 0 saturated heterocycles. The van der Waals surface area contributed by atoms with Crippen molar-refractivity contribution >= 4 is 39.2 Å². The topological polar surface area (TPSA) is 114 Å². The van der Waals surface area contributed by atoms with E-state index in [0.29, 0.717) is 16.5 Å². The molecule has 0 aliphatic carbocycles. The smallest absolute Gasteiger partial charge is 0.278 e. The van der Waals surface area contributed by atoms with Crippen LogP contribution in [0.2, 0.25) is 0 Å². The highest BCUT2D eigenvalue weighted by molar-refractivity contribution is 7.14. The number of hydrogen-bond acceptors (Lipinski definition) is 5. The van der Waals surface area contributed by atoms with Gasteiger partial charge in [-0.2, -0.15) is 5.10 Å². The molecule has 0 fully saturated rings. The molecule has 2 amide bonds. The zero-order chi connectivity index (χ0) is 15.7. The van der Waals surface area contributed by atoms with Crippen molar-refractivity contribution in [1.29, 1.82) is 0 Å². The van der Waals surface area contributed by atoms with E-state index in [-0.39, 0.29) is 12.3 Å². The molecular weight excluding hydrogens is 302 g/mol. The number of primary amides is 1. The fourth-order valence-electron chi connectivity index (χ4n) is 2.08. The lowest BCUT2D eigenvalue weighted by Gasteiger charge is -1.99. The number of fused-ring (bicyclic) bond motifs is 1. The van der Waals surface area contributed by atoms with Gasteiger partial charge in [0.05, 0.1) is 17.6 Å². The number of amides is 2. The summed E-state index contributed by atoms with van der Waals surface area (Å²) in [6.45, 7) is 1.95. The number of nitrogens with zero attached hydrogens (tertiary/aromatic N) is 2. The first-order chi connectivity index (χ1) is 10.5. The van der Waals surface area contributed by atoms with Crippen LogP contribution >= 0.6 is 11.3 Å². The van der Waals surface area contributed by atoms with Gasteiger partial charge in [0.1, 0.15) is 0 Å². The van der Waals surface area contributed by atoms with Crippen LogP contribution in [0.5, 0.6) is 0 Å². The Bertz CT molecular complexity index is 867. The molecule has 0 bridgehead atoms. The first kappa shape index (κ1) is 14.2. The van der Waals surface area contributed by atoms with Crippen molar-refractivity contribution in [2.24, 2.45) is 5.73 Å². The molecule has 0 spiro atoms. The number of H-pyrrole nitrogens is 1. The molecule has 7 nitrogen and oxygen atoms in total. The van der Waals surface area contributed by atoms with Crippen molar-refractivity contribution in [3.05, 3.63) is 40.5 Å². The Labute approximate surface area is 129 Å². The van der Waals surface area contributed by atoms with E-state index in [0.717, 1.165) is 16.5 Å². The third kappa shape index (κ3) is 2.82. The lowest BCUT2D eigenvalue weighted by atomic mass is 10.1. The fourth-order valence-corrected chi connectivity index (χ4v) is 2.79. The Morgan fingerprint density at radius 3 is 3.00 bits per heavy atom. The predicted molar refractivity (Wildman–Crippen MR) is 83.8 cm³/mol. The second-order valence-corrected chi connectivity index (χ2v) is 5.72. The average Bonchev–Trinajstić information content (AvgIpc) is 3.04. The minimum atomic E-state index is -0.461. The SMILES string of the molecule is Cc1ccc2[nH]nc(C(=O)Nc3nc(CC(N)=O)cs3)c2c1. The Balaban J connectivity index is 1.82. The van der Waals surface area contributed by atoms with E-state index in [1.54, 1.807) is 5.38 Å². The maximum absolute atomic E-state index is 12.3. The van der Waals surface area contributed by atoms with Crippen LogP contribution in [0.1, 0.15) is 21.7 Å². The van der Waals surface area contributed by atoms with Crippen LogP contribution in [0.15, 0.2) is 23.6 Å². The number of aryl methyl sites for hydroxylation is 1. The third-order valence-corrected chi connectivity index (χ3v) is 3.87. The number of hydrogen-bond donors (Lipinski definition) is 3. The molecule has 1 aromatic carbocycles. The molecule has 2 heterocycles. The molecule has 22 heavy (non-hydrogen) atoms. The van der Waals surface area contributed by atoms with Gasteiger partial charge in [-0.25, -0.2) is 4.98 Å². The number of carbonyl (C=O) groups excluding carboxylic acids is 2. The number of carbonyl (C=O) groups is 2. The summed E-state index contributed by atoms with van der Waals surface area (Å²) in [7, 11) is 0.